The molecule has 1 amide bonds. The summed E-state index contributed by atoms with van der Waals surface area (Å²) < 4.78 is 79.2. The van der Waals surface area contributed by atoms with Crippen molar-refractivity contribution in [1.29, 1.82) is 5.41 Å². The molecular formula is C30H19N7O10S2-2. The van der Waals surface area contributed by atoms with Crippen molar-refractivity contribution in [3.63, 3.8) is 0 Å². The third-order valence-corrected chi connectivity index (χ3v) is 9.18. The molecule has 0 bridgehead atoms. The molecule has 19 heteroatoms. The zero-order valence-corrected chi connectivity index (χ0v) is 26.1. The van der Waals surface area contributed by atoms with Gasteiger partial charge < -0.3 is 29.7 Å². The minimum Gasteiger partial charge on any atom is -0.744 e. The highest BCUT2D eigenvalue weighted by Crippen LogP contribution is 2.45. The molecule has 6 rings (SSSR count). The van der Waals surface area contributed by atoms with E-state index in [0.717, 1.165) is 18.2 Å². The summed E-state index contributed by atoms with van der Waals surface area (Å²) in [6.07, 6.45) is 1.19. The van der Waals surface area contributed by atoms with Crippen LogP contribution in [0, 0.1) is 5.41 Å². The predicted molar refractivity (Wildman–Crippen MR) is 166 cm³/mol. The second-order valence-corrected chi connectivity index (χ2v) is 13.0. The van der Waals surface area contributed by atoms with Crippen LogP contribution in [0.25, 0.3) is 44.8 Å². The molecule has 0 radical (unpaired) electrons. The smallest absolute Gasteiger partial charge is 0.336 e. The number of amides is 1. The lowest BCUT2D eigenvalue weighted by Crippen LogP contribution is -2.23. The maximum Gasteiger partial charge on any atom is 0.336 e. The van der Waals surface area contributed by atoms with Gasteiger partial charge in [-0.3, -0.25) is 10.2 Å². The summed E-state index contributed by atoms with van der Waals surface area (Å²) >= 11 is 0. The van der Waals surface area contributed by atoms with Crippen LogP contribution in [0.5, 0.6) is 0 Å². The zero-order chi connectivity index (χ0) is 35.2. The molecule has 17 nitrogen and oxygen atoms in total. The van der Waals surface area contributed by atoms with Gasteiger partial charge >= 0.3 is 5.97 Å². The summed E-state index contributed by atoms with van der Waals surface area (Å²) in [5.74, 6) is -2.72. The Labute approximate surface area is 275 Å². The molecule has 4 aromatic rings. The van der Waals surface area contributed by atoms with Gasteiger partial charge in [-0.05, 0) is 47.5 Å². The van der Waals surface area contributed by atoms with Crippen LogP contribution in [0.2, 0.25) is 0 Å². The van der Waals surface area contributed by atoms with E-state index in [1.165, 1.54) is 30.6 Å². The number of carbonyl (C=O) groups is 2. The maximum atomic E-state index is 13.1. The Bertz CT molecular complexity index is 2580. The SMILES string of the molecule is N=c1ccc2c(-c3ccc(C(=O)NCc4ccc(-c5nncnn5)cc4)cc3C(=O)O)c3ccc(N)c(S(=O)(=O)[O-])c3oc-2c1S(=O)(=O)[O-]. The van der Waals surface area contributed by atoms with Crippen molar-refractivity contribution in [3.05, 3.63) is 95.1 Å². The molecule has 2 heterocycles. The second kappa shape index (κ2) is 12.1. The molecule has 0 unspecified atom stereocenters. The van der Waals surface area contributed by atoms with Crippen molar-refractivity contribution in [2.75, 3.05) is 5.73 Å². The first kappa shape index (κ1) is 32.8. The summed E-state index contributed by atoms with van der Waals surface area (Å²) in [5, 5.41) is 35.1. The van der Waals surface area contributed by atoms with Gasteiger partial charge in [0.15, 0.2) is 17.7 Å². The van der Waals surface area contributed by atoms with Gasteiger partial charge in [-0.25, -0.2) is 21.6 Å². The lowest BCUT2D eigenvalue weighted by Gasteiger charge is -2.22. The number of nitrogens with one attached hydrogen (secondary N) is 2. The minimum atomic E-state index is -5.45. The van der Waals surface area contributed by atoms with E-state index in [2.05, 4.69) is 25.7 Å². The molecule has 49 heavy (non-hydrogen) atoms. The number of hydrogen-bond acceptors (Lipinski definition) is 15. The molecule has 0 atom stereocenters. The number of carbonyl (C=O) groups excluding carboxylic acids is 1. The number of carboxylic acids is 1. The number of aromatic nitrogens is 4. The number of aromatic carboxylic acids is 1. The zero-order valence-electron chi connectivity index (χ0n) is 24.4. The third-order valence-electron chi connectivity index (χ3n) is 7.35. The Hall–Kier alpha value is -6.15. The van der Waals surface area contributed by atoms with Crippen molar-refractivity contribution in [2.45, 2.75) is 16.3 Å². The molecular weight excluding hydrogens is 683 g/mol. The fraction of sp³-hybridized carbons (Fsp3) is 0.0333. The van der Waals surface area contributed by atoms with Gasteiger partial charge in [0, 0.05) is 34.2 Å². The van der Waals surface area contributed by atoms with Crippen LogP contribution in [-0.4, -0.2) is 63.3 Å². The number of carboxylic acid groups (broad SMARTS) is 1. The average molecular weight is 702 g/mol. The van der Waals surface area contributed by atoms with E-state index in [-0.39, 0.29) is 34.2 Å². The van der Waals surface area contributed by atoms with Crippen molar-refractivity contribution in [1.82, 2.24) is 25.7 Å². The quantitative estimate of drug-likeness (QED) is 0.100. The van der Waals surface area contributed by atoms with Crippen LogP contribution in [0.15, 0.2) is 87.3 Å². The molecule has 1 aliphatic heterocycles. The number of nitrogens with two attached hydrogens (primary N) is 1. The molecule has 0 saturated carbocycles. The first-order chi connectivity index (χ1) is 23.1. The van der Waals surface area contributed by atoms with Crippen LogP contribution < -0.4 is 16.4 Å². The lowest BCUT2D eigenvalue weighted by molar-refractivity contribution is 0.0697. The largest absolute Gasteiger partial charge is 0.744 e. The summed E-state index contributed by atoms with van der Waals surface area (Å²) in [5.41, 5.74) is 4.59. The summed E-state index contributed by atoms with van der Waals surface area (Å²) in [6.45, 7) is 0.0423. The summed E-state index contributed by atoms with van der Waals surface area (Å²) in [7, 11) is -10.8. The van der Waals surface area contributed by atoms with Crippen LogP contribution in [0.3, 0.4) is 0 Å². The average Bonchev–Trinajstić information content (AvgIpc) is 3.05. The normalized spacial score (nSPS) is 11.9. The van der Waals surface area contributed by atoms with Gasteiger partial charge in [-0.15, -0.1) is 20.4 Å². The predicted octanol–water partition coefficient (Wildman–Crippen LogP) is 1.95. The van der Waals surface area contributed by atoms with Crippen molar-refractivity contribution in [3.8, 4) is 33.8 Å². The van der Waals surface area contributed by atoms with Gasteiger partial charge in [0.1, 0.15) is 30.0 Å². The van der Waals surface area contributed by atoms with Gasteiger partial charge in [0.25, 0.3) is 5.91 Å². The number of nitrogens with zero attached hydrogens (tertiary/aromatic N) is 4. The van der Waals surface area contributed by atoms with Crippen molar-refractivity contribution in [2.24, 2.45) is 0 Å². The Morgan fingerprint density at radius 1 is 0.878 bits per heavy atom. The number of hydrogen-bond donors (Lipinski definition) is 4. The minimum absolute atomic E-state index is 0.0423. The number of anilines is 1. The molecule has 0 spiro atoms. The van der Waals surface area contributed by atoms with E-state index in [0.29, 0.717) is 17.0 Å². The van der Waals surface area contributed by atoms with E-state index in [1.54, 1.807) is 24.3 Å². The lowest BCUT2D eigenvalue weighted by atomic mass is 9.89. The Balaban J connectivity index is 1.47. The summed E-state index contributed by atoms with van der Waals surface area (Å²) in [4.78, 5) is 23.5. The van der Waals surface area contributed by atoms with Crippen LogP contribution >= 0.6 is 0 Å². The molecule has 1 aliphatic carbocycles. The highest BCUT2D eigenvalue weighted by atomic mass is 32.2. The molecule has 248 valence electrons. The van der Waals surface area contributed by atoms with Crippen molar-refractivity contribution < 1.29 is 45.1 Å². The van der Waals surface area contributed by atoms with E-state index < -0.39 is 69.9 Å². The molecule has 2 aliphatic rings. The monoisotopic (exact) mass is 701 g/mol. The Morgan fingerprint density at radius 2 is 1.53 bits per heavy atom. The van der Waals surface area contributed by atoms with E-state index >= 15 is 0 Å². The van der Waals surface area contributed by atoms with Crippen LogP contribution in [-0.2, 0) is 26.8 Å². The third kappa shape index (κ3) is 6.16. The topological polar surface area (TPSA) is 295 Å². The van der Waals surface area contributed by atoms with E-state index in [9.17, 15) is 40.6 Å². The molecule has 1 aromatic heterocycles. The fourth-order valence-electron chi connectivity index (χ4n) is 5.24. The fourth-order valence-corrected chi connectivity index (χ4v) is 6.69. The second-order valence-electron chi connectivity index (χ2n) is 10.4. The standard InChI is InChI=1S/C30H21N7O10S2/c31-21-9-7-18-23(19-8-10-22(32)27(49(44,45)46)25(19)47-24(18)26(21)48(41,42)43)17-6-5-16(11-20(17)30(39)40)29(38)33-12-14-1-3-15(4-2-14)28-36-34-13-35-37-28/h1-11,13,31H,12,32H2,(H,33,38)(H,39,40)(H,41,42,43)(H,44,45,46)/p-2. The van der Waals surface area contributed by atoms with E-state index in [4.69, 9.17) is 15.6 Å². The van der Waals surface area contributed by atoms with E-state index in [1.807, 2.05) is 0 Å². The number of benzene rings is 4. The Morgan fingerprint density at radius 3 is 2.16 bits per heavy atom. The number of nitrogen functional groups attached to an aromatic ring is 1. The summed E-state index contributed by atoms with van der Waals surface area (Å²) in [6, 6.07) is 14.7. The van der Waals surface area contributed by atoms with Gasteiger partial charge in [0.05, 0.1) is 16.6 Å². The molecule has 3 aromatic carbocycles. The Kier molecular flexibility index (Phi) is 8.12. The molecule has 5 N–H and O–H groups in total. The van der Waals surface area contributed by atoms with Gasteiger partial charge in [0.2, 0.25) is 5.82 Å². The van der Waals surface area contributed by atoms with Crippen LogP contribution in [0.1, 0.15) is 26.3 Å². The molecule has 0 saturated heterocycles. The van der Waals surface area contributed by atoms with Gasteiger partial charge in [-0.2, -0.15) is 0 Å². The van der Waals surface area contributed by atoms with Crippen LogP contribution in [0.4, 0.5) is 5.69 Å². The highest BCUT2D eigenvalue weighted by molar-refractivity contribution is 7.86. The highest BCUT2D eigenvalue weighted by Gasteiger charge is 2.29. The number of fused-ring (bicyclic) bond motifs is 2. The number of rotatable bonds is 8. The maximum absolute atomic E-state index is 13.1. The molecule has 0 fully saturated rings. The van der Waals surface area contributed by atoms with Gasteiger partial charge in [-0.1, -0.05) is 30.3 Å². The first-order valence-electron chi connectivity index (χ1n) is 13.7. The first-order valence-corrected chi connectivity index (χ1v) is 16.5. The van der Waals surface area contributed by atoms with Crippen molar-refractivity contribution >= 4 is 48.8 Å².